The Bertz CT molecular complexity index is 1800. The molecule has 224 valence electrons. The second-order valence-corrected chi connectivity index (χ2v) is 15.5. The predicted molar refractivity (Wildman–Crippen MR) is 160 cm³/mol. The second-order valence-electron chi connectivity index (χ2n) is 9.34. The number of halogens is 1. The van der Waals surface area contributed by atoms with Crippen LogP contribution in [0.3, 0.4) is 0 Å². The van der Waals surface area contributed by atoms with Crippen molar-refractivity contribution in [1.29, 1.82) is 0 Å². The molecular weight excluding hydrogens is 626 g/mol. The lowest BCUT2D eigenvalue weighted by molar-refractivity contribution is 0.0374. The fourth-order valence-corrected chi connectivity index (χ4v) is 7.77. The monoisotopic (exact) mass is 653 g/mol. The van der Waals surface area contributed by atoms with Crippen LogP contribution in [0.2, 0.25) is 5.02 Å². The summed E-state index contributed by atoms with van der Waals surface area (Å²) >= 11 is 6.09. The van der Waals surface area contributed by atoms with Crippen LogP contribution >= 0.6 is 11.6 Å². The zero-order valence-electron chi connectivity index (χ0n) is 22.4. The highest BCUT2D eigenvalue weighted by molar-refractivity contribution is 7.93. The molecule has 4 rings (SSSR count). The quantitative estimate of drug-likeness (QED) is 0.313. The number of anilines is 2. The van der Waals surface area contributed by atoms with Gasteiger partial charge in [0.15, 0.2) is 19.7 Å². The Morgan fingerprint density at radius 3 is 2.05 bits per heavy atom. The molecule has 0 aliphatic carbocycles. The summed E-state index contributed by atoms with van der Waals surface area (Å²) in [6.07, 6.45) is 2.38. The minimum atomic E-state index is -4.21. The van der Waals surface area contributed by atoms with E-state index >= 15 is 0 Å². The first-order valence-corrected chi connectivity index (χ1v) is 17.7. The van der Waals surface area contributed by atoms with Gasteiger partial charge in [-0.15, -0.1) is 6.58 Å². The maximum Gasteiger partial charge on any atom is 0.261 e. The summed E-state index contributed by atoms with van der Waals surface area (Å²) in [6, 6.07) is 14.2. The Hall–Kier alpha value is -3.27. The number of nitrogens with zero attached hydrogens (tertiary/aromatic N) is 1. The average Bonchev–Trinajstić information content (AvgIpc) is 2.94. The second kappa shape index (κ2) is 12.5. The van der Waals surface area contributed by atoms with Crippen LogP contribution in [-0.4, -0.2) is 74.0 Å². The molecule has 0 aromatic heterocycles. The summed E-state index contributed by atoms with van der Waals surface area (Å²) in [5.74, 6) is -0.712. The Balaban J connectivity index is 1.54. The number of amides is 1. The SMILES string of the molecule is C=CC(N1CCOCC1)S(=O)(=O)c1ccc(NC(=O)c2cc(Cl)ccc2NS(=O)(=O)c2ccc(S(C)(=O)=O)cc2)cc1. The fourth-order valence-electron chi connectivity index (χ4n) is 4.23. The van der Waals surface area contributed by atoms with E-state index in [0.717, 1.165) is 18.4 Å². The van der Waals surface area contributed by atoms with Crippen LogP contribution in [0.25, 0.3) is 0 Å². The summed E-state index contributed by atoms with van der Waals surface area (Å²) in [6.45, 7) is 5.42. The number of hydrogen-bond donors (Lipinski definition) is 2. The molecule has 1 aliphatic rings. The van der Waals surface area contributed by atoms with Crippen LogP contribution in [0.1, 0.15) is 10.4 Å². The van der Waals surface area contributed by atoms with Crippen molar-refractivity contribution in [2.24, 2.45) is 0 Å². The number of ether oxygens (including phenoxy) is 1. The predicted octanol–water partition coefficient (Wildman–Crippen LogP) is 3.41. The third-order valence-corrected chi connectivity index (χ3v) is 11.2. The molecule has 11 nitrogen and oxygen atoms in total. The van der Waals surface area contributed by atoms with Gasteiger partial charge in [0, 0.05) is 30.1 Å². The molecular formula is C27H28ClN3O8S3. The minimum Gasteiger partial charge on any atom is -0.379 e. The molecule has 1 atom stereocenters. The molecule has 3 aromatic rings. The summed E-state index contributed by atoms with van der Waals surface area (Å²) in [5, 5.41) is 1.85. The summed E-state index contributed by atoms with van der Waals surface area (Å²) in [7, 11) is -11.5. The van der Waals surface area contributed by atoms with Crippen LogP contribution in [-0.2, 0) is 34.4 Å². The molecule has 1 fully saturated rings. The highest BCUT2D eigenvalue weighted by atomic mass is 35.5. The standard InChI is InChI=1S/C27H28ClN3O8S3/c1-3-26(31-14-16-39-17-15-31)41(35,36)22-7-5-20(6-8-22)29-27(32)24-18-19(28)4-13-25(24)30-42(37,38)23-11-9-21(10-12-23)40(2,33)34/h3-13,18,26,30H,1,14-17H2,2H3,(H,29,32). The Morgan fingerprint density at radius 1 is 0.905 bits per heavy atom. The van der Waals surface area contributed by atoms with Crippen LogP contribution in [0.5, 0.6) is 0 Å². The van der Waals surface area contributed by atoms with Crippen molar-refractivity contribution in [2.75, 3.05) is 42.6 Å². The van der Waals surface area contributed by atoms with Crippen molar-refractivity contribution in [3.05, 3.63) is 90.0 Å². The fraction of sp³-hybridized carbons (Fsp3) is 0.222. The number of carbonyl (C=O) groups excluding carboxylic acids is 1. The lowest BCUT2D eigenvalue weighted by Crippen LogP contribution is -2.46. The molecule has 3 aromatic carbocycles. The maximum atomic E-state index is 13.3. The Labute approximate surface area is 250 Å². The molecule has 0 saturated carbocycles. The van der Waals surface area contributed by atoms with Crippen LogP contribution < -0.4 is 10.0 Å². The van der Waals surface area contributed by atoms with Crippen molar-refractivity contribution >= 4 is 58.6 Å². The lowest BCUT2D eigenvalue weighted by Gasteiger charge is -2.32. The van der Waals surface area contributed by atoms with E-state index in [0.29, 0.717) is 26.3 Å². The zero-order valence-corrected chi connectivity index (χ0v) is 25.6. The Morgan fingerprint density at radius 2 is 1.48 bits per heavy atom. The van der Waals surface area contributed by atoms with Gasteiger partial charge in [0.25, 0.3) is 15.9 Å². The molecule has 1 saturated heterocycles. The molecule has 0 spiro atoms. The molecule has 15 heteroatoms. The molecule has 1 unspecified atom stereocenters. The van der Waals surface area contributed by atoms with Gasteiger partial charge in [0.1, 0.15) is 5.37 Å². The third kappa shape index (κ3) is 7.19. The molecule has 0 radical (unpaired) electrons. The minimum absolute atomic E-state index is 0.0370. The summed E-state index contributed by atoms with van der Waals surface area (Å²) in [5.41, 5.74) is 0.0720. The first-order valence-electron chi connectivity index (χ1n) is 12.4. The number of carbonyl (C=O) groups is 1. The van der Waals surface area contributed by atoms with Crippen molar-refractivity contribution in [1.82, 2.24) is 4.90 Å². The molecule has 0 bridgehead atoms. The van der Waals surface area contributed by atoms with Gasteiger partial charge in [0.05, 0.1) is 39.2 Å². The first-order chi connectivity index (χ1) is 19.7. The van der Waals surface area contributed by atoms with Crippen LogP contribution in [0, 0.1) is 0 Å². The molecule has 1 amide bonds. The number of nitrogens with one attached hydrogen (secondary N) is 2. The number of rotatable bonds is 10. The van der Waals surface area contributed by atoms with Gasteiger partial charge in [0.2, 0.25) is 0 Å². The smallest absolute Gasteiger partial charge is 0.261 e. The normalized spacial score (nSPS) is 15.5. The first kappa shape index (κ1) is 31.7. The Kier molecular flexibility index (Phi) is 9.45. The average molecular weight is 654 g/mol. The highest BCUT2D eigenvalue weighted by Gasteiger charge is 2.31. The van der Waals surface area contributed by atoms with E-state index in [1.54, 1.807) is 4.90 Å². The highest BCUT2D eigenvalue weighted by Crippen LogP contribution is 2.27. The third-order valence-electron chi connectivity index (χ3n) is 6.40. The van der Waals surface area contributed by atoms with Gasteiger partial charge < -0.3 is 10.1 Å². The van der Waals surface area contributed by atoms with Crippen molar-refractivity contribution < 1.29 is 34.8 Å². The van der Waals surface area contributed by atoms with E-state index in [4.69, 9.17) is 16.3 Å². The van der Waals surface area contributed by atoms with Gasteiger partial charge in [-0.25, -0.2) is 25.3 Å². The number of hydrogen-bond acceptors (Lipinski definition) is 9. The van der Waals surface area contributed by atoms with Gasteiger partial charge in [-0.05, 0) is 66.7 Å². The van der Waals surface area contributed by atoms with E-state index in [1.807, 2.05) is 0 Å². The zero-order chi connectivity index (χ0) is 30.7. The van der Waals surface area contributed by atoms with Crippen LogP contribution in [0.15, 0.2) is 94.1 Å². The topological polar surface area (TPSA) is 156 Å². The summed E-state index contributed by atoms with van der Waals surface area (Å²) in [4.78, 5) is 14.7. The van der Waals surface area contributed by atoms with E-state index in [-0.39, 0.29) is 36.6 Å². The van der Waals surface area contributed by atoms with Crippen molar-refractivity contribution in [3.8, 4) is 0 Å². The molecule has 2 N–H and O–H groups in total. The van der Waals surface area contributed by atoms with Gasteiger partial charge >= 0.3 is 0 Å². The van der Waals surface area contributed by atoms with Crippen molar-refractivity contribution in [3.63, 3.8) is 0 Å². The van der Waals surface area contributed by atoms with Gasteiger partial charge in [-0.3, -0.25) is 14.4 Å². The maximum absolute atomic E-state index is 13.3. The van der Waals surface area contributed by atoms with E-state index < -0.39 is 41.0 Å². The van der Waals surface area contributed by atoms with Gasteiger partial charge in [-0.2, -0.15) is 0 Å². The number of sulfonamides is 1. The van der Waals surface area contributed by atoms with Gasteiger partial charge in [-0.1, -0.05) is 17.7 Å². The molecule has 1 aliphatic heterocycles. The number of morpholine rings is 1. The van der Waals surface area contributed by atoms with E-state index in [2.05, 4.69) is 16.6 Å². The summed E-state index contributed by atoms with van der Waals surface area (Å²) < 4.78 is 83.6. The van der Waals surface area contributed by atoms with Crippen molar-refractivity contribution in [2.45, 2.75) is 20.1 Å². The molecule has 1 heterocycles. The largest absolute Gasteiger partial charge is 0.379 e. The number of sulfone groups is 2. The number of benzene rings is 3. The molecule has 42 heavy (non-hydrogen) atoms. The van der Waals surface area contributed by atoms with E-state index in [9.17, 15) is 30.0 Å². The lowest BCUT2D eigenvalue weighted by atomic mass is 10.1. The van der Waals surface area contributed by atoms with Crippen LogP contribution in [0.4, 0.5) is 11.4 Å². The van der Waals surface area contributed by atoms with E-state index in [1.165, 1.54) is 60.7 Å².